The first-order valence-electron chi connectivity index (χ1n) is 14.3. The van der Waals surface area contributed by atoms with Crippen LogP contribution < -0.4 is 4.90 Å². The minimum atomic E-state index is 0.883. The summed E-state index contributed by atoms with van der Waals surface area (Å²) >= 11 is 0. The smallest absolute Gasteiger partial charge is 0.138 e. The number of rotatable bonds is 5. The van der Waals surface area contributed by atoms with Crippen molar-refractivity contribution in [1.29, 1.82) is 0 Å². The third kappa shape index (κ3) is 4.13. The molecule has 0 aliphatic rings. The van der Waals surface area contributed by atoms with Crippen LogP contribution in [0.15, 0.2) is 168 Å². The van der Waals surface area contributed by atoms with E-state index in [0.29, 0.717) is 0 Å². The molecule has 198 valence electrons. The van der Waals surface area contributed by atoms with Crippen LogP contribution in [0, 0.1) is 0 Å². The lowest BCUT2D eigenvalue weighted by Gasteiger charge is -2.28. The number of para-hydroxylation sites is 1. The fraction of sp³-hybridized carbons (Fsp3) is 0. The van der Waals surface area contributed by atoms with E-state index in [1.54, 1.807) is 0 Å². The summed E-state index contributed by atoms with van der Waals surface area (Å²) in [5.74, 6) is 0. The van der Waals surface area contributed by atoms with E-state index >= 15 is 0 Å². The van der Waals surface area contributed by atoms with Gasteiger partial charge in [0.2, 0.25) is 0 Å². The average molecular weight is 538 g/mol. The Morgan fingerprint density at radius 1 is 0.357 bits per heavy atom. The highest BCUT2D eigenvalue weighted by molar-refractivity contribution is 6.22. The molecule has 0 amide bonds. The number of nitrogens with zero attached hydrogens (tertiary/aromatic N) is 1. The predicted molar refractivity (Wildman–Crippen MR) is 177 cm³/mol. The predicted octanol–water partition coefficient (Wildman–Crippen LogP) is 11.5. The van der Waals surface area contributed by atoms with Gasteiger partial charge in [-0.3, -0.25) is 0 Å². The summed E-state index contributed by atoms with van der Waals surface area (Å²) in [4.78, 5) is 2.37. The molecule has 2 heteroatoms. The zero-order valence-corrected chi connectivity index (χ0v) is 22.9. The zero-order valence-electron chi connectivity index (χ0n) is 22.9. The molecule has 0 saturated carbocycles. The first kappa shape index (κ1) is 24.2. The largest absolute Gasteiger partial charge is 0.456 e. The van der Waals surface area contributed by atoms with Crippen LogP contribution >= 0.6 is 0 Å². The van der Waals surface area contributed by atoms with Crippen LogP contribution in [0.2, 0.25) is 0 Å². The lowest BCUT2D eigenvalue weighted by Crippen LogP contribution is -2.11. The van der Waals surface area contributed by atoms with Crippen molar-refractivity contribution in [2.45, 2.75) is 0 Å². The molecule has 0 N–H and O–H groups in total. The van der Waals surface area contributed by atoms with Crippen molar-refractivity contribution < 1.29 is 4.42 Å². The van der Waals surface area contributed by atoms with Crippen molar-refractivity contribution in [3.63, 3.8) is 0 Å². The second-order valence-electron chi connectivity index (χ2n) is 10.6. The molecule has 0 atom stereocenters. The Morgan fingerprint density at radius 2 is 0.857 bits per heavy atom. The highest BCUT2D eigenvalue weighted by atomic mass is 16.3. The van der Waals surface area contributed by atoms with Gasteiger partial charge in [-0.1, -0.05) is 127 Å². The highest BCUT2D eigenvalue weighted by Crippen LogP contribution is 2.45. The molecule has 0 unspecified atom stereocenters. The van der Waals surface area contributed by atoms with Crippen LogP contribution in [0.25, 0.3) is 55.0 Å². The third-order valence-electron chi connectivity index (χ3n) is 8.03. The summed E-state index contributed by atoms with van der Waals surface area (Å²) in [5.41, 5.74) is 9.76. The monoisotopic (exact) mass is 537 g/mol. The Morgan fingerprint density at radius 3 is 1.48 bits per heavy atom. The van der Waals surface area contributed by atoms with Gasteiger partial charge < -0.3 is 9.32 Å². The lowest BCUT2D eigenvalue weighted by atomic mass is 9.99. The molecule has 42 heavy (non-hydrogen) atoms. The third-order valence-corrected chi connectivity index (χ3v) is 8.03. The van der Waals surface area contributed by atoms with Crippen molar-refractivity contribution in [2.24, 2.45) is 0 Å². The zero-order chi connectivity index (χ0) is 27.9. The van der Waals surface area contributed by atoms with Gasteiger partial charge in [-0.15, -0.1) is 0 Å². The maximum Gasteiger partial charge on any atom is 0.138 e. The van der Waals surface area contributed by atoms with Crippen LogP contribution in [0.1, 0.15) is 0 Å². The molecule has 0 fully saturated rings. The number of hydrogen-bond donors (Lipinski definition) is 0. The minimum absolute atomic E-state index is 0.883. The summed E-state index contributed by atoms with van der Waals surface area (Å²) < 4.78 is 6.48. The molecule has 0 bridgehead atoms. The summed E-state index contributed by atoms with van der Waals surface area (Å²) in [6.07, 6.45) is 0. The molecule has 1 heterocycles. The molecular weight excluding hydrogens is 510 g/mol. The summed E-state index contributed by atoms with van der Waals surface area (Å²) in [6.45, 7) is 0. The molecule has 8 rings (SSSR count). The maximum atomic E-state index is 6.48. The Balaban J connectivity index is 1.42. The number of benzene rings is 7. The SMILES string of the molecule is c1ccc(-c2cccc(N(c3cccc(-c4ccccc4)c3)c3cc4oc5ccccc5c4c4ccccc34)c2)cc1. The lowest BCUT2D eigenvalue weighted by molar-refractivity contribution is 0.669. The van der Waals surface area contributed by atoms with E-state index in [9.17, 15) is 0 Å². The van der Waals surface area contributed by atoms with E-state index in [4.69, 9.17) is 4.42 Å². The molecule has 7 aromatic carbocycles. The Hall–Kier alpha value is -5.60. The van der Waals surface area contributed by atoms with E-state index in [-0.39, 0.29) is 0 Å². The van der Waals surface area contributed by atoms with Gasteiger partial charge in [-0.2, -0.15) is 0 Å². The van der Waals surface area contributed by atoms with Gasteiger partial charge in [-0.25, -0.2) is 0 Å². The van der Waals surface area contributed by atoms with Gasteiger partial charge in [-0.05, 0) is 58.0 Å². The van der Waals surface area contributed by atoms with Gasteiger partial charge >= 0.3 is 0 Å². The van der Waals surface area contributed by atoms with Crippen LogP contribution in [-0.2, 0) is 0 Å². The van der Waals surface area contributed by atoms with E-state index in [0.717, 1.165) is 39.0 Å². The fourth-order valence-corrected chi connectivity index (χ4v) is 6.09. The Labute approximate surface area is 244 Å². The van der Waals surface area contributed by atoms with Crippen molar-refractivity contribution in [2.75, 3.05) is 4.90 Å². The Bertz CT molecular complexity index is 2110. The molecule has 0 radical (unpaired) electrons. The average Bonchev–Trinajstić information content (AvgIpc) is 3.45. The normalized spacial score (nSPS) is 11.3. The van der Waals surface area contributed by atoms with E-state index in [2.05, 4.69) is 157 Å². The van der Waals surface area contributed by atoms with Gasteiger partial charge in [0.15, 0.2) is 0 Å². The highest BCUT2D eigenvalue weighted by Gasteiger charge is 2.21. The molecule has 1 aromatic heterocycles. The van der Waals surface area contributed by atoms with Gasteiger partial charge in [0, 0.05) is 33.6 Å². The number of hydrogen-bond acceptors (Lipinski definition) is 2. The number of furan rings is 1. The molecule has 0 saturated heterocycles. The second-order valence-corrected chi connectivity index (χ2v) is 10.6. The van der Waals surface area contributed by atoms with Crippen LogP contribution in [0.4, 0.5) is 17.1 Å². The van der Waals surface area contributed by atoms with Crippen molar-refractivity contribution in [3.8, 4) is 22.3 Å². The standard InChI is InChI=1S/C40H27NO/c1-3-13-28(14-4-1)30-17-11-19-32(25-30)41(33-20-12-18-31(26-33)29-15-5-2-6-16-29)37-27-39-40(35-22-8-7-21-34(35)37)36-23-9-10-24-38(36)42-39/h1-27H. The maximum absolute atomic E-state index is 6.48. The van der Waals surface area contributed by atoms with Crippen LogP contribution in [-0.4, -0.2) is 0 Å². The van der Waals surface area contributed by atoms with E-state index < -0.39 is 0 Å². The molecule has 0 spiro atoms. The van der Waals surface area contributed by atoms with E-state index in [1.165, 1.54) is 33.0 Å². The molecule has 0 aliphatic carbocycles. The second kappa shape index (κ2) is 10.1. The van der Waals surface area contributed by atoms with Crippen molar-refractivity contribution >= 4 is 49.8 Å². The van der Waals surface area contributed by atoms with Gasteiger partial charge in [0.1, 0.15) is 11.2 Å². The fourth-order valence-electron chi connectivity index (χ4n) is 6.09. The molecule has 0 aliphatic heterocycles. The first-order chi connectivity index (χ1) is 20.8. The quantitative estimate of drug-likeness (QED) is 0.217. The molecular formula is C40H27NO. The van der Waals surface area contributed by atoms with Crippen LogP contribution in [0.5, 0.6) is 0 Å². The number of anilines is 3. The summed E-state index contributed by atoms with van der Waals surface area (Å²) in [5, 5.41) is 4.64. The van der Waals surface area contributed by atoms with Gasteiger partial charge in [0.05, 0.1) is 5.69 Å². The topological polar surface area (TPSA) is 16.4 Å². The molecule has 2 nitrogen and oxygen atoms in total. The summed E-state index contributed by atoms with van der Waals surface area (Å²) in [6, 6.07) is 57.9. The van der Waals surface area contributed by atoms with Crippen molar-refractivity contribution in [3.05, 3.63) is 164 Å². The first-order valence-corrected chi connectivity index (χ1v) is 14.3. The Kier molecular flexibility index (Phi) is 5.82. The molecule has 8 aromatic rings. The van der Waals surface area contributed by atoms with Gasteiger partial charge in [0.25, 0.3) is 0 Å². The van der Waals surface area contributed by atoms with Crippen LogP contribution in [0.3, 0.4) is 0 Å². The van der Waals surface area contributed by atoms with Crippen molar-refractivity contribution in [1.82, 2.24) is 0 Å². The minimum Gasteiger partial charge on any atom is -0.456 e. The summed E-state index contributed by atoms with van der Waals surface area (Å²) in [7, 11) is 0. The van der Waals surface area contributed by atoms with E-state index in [1.807, 2.05) is 12.1 Å². The number of fused-ring (bicyclic) bond motifs is 5.